The summed E-state index contributed by atoms with van der Waals surface area (Å²) in [4.78, 5) is 86.4. The molecule has 0 radical (unpaired) electrons. The maximum absolute atomic E-state index is 14.0. The number of imidazole rings is 2. The molecule has 0 aliphatic heterocycles. The zero-order valence-electron chi connectivity index (χ0n) is 44.6. The van der Waals surface area contributed by atoms with E-state index in [1.807, 2.05) is 26.0 Å². The number of carbonyl (C=O) groups is 6. The average molecular weight is 1060 g/mol. The van der Waals surface area contributed by atoms with E-state index in [-0.39, 0.29) is 67.2 Å². The predicted octanol–water partition coefficient (Wildman–Crippen LogP) is 6.19. The molecule has 0 unspecified atom stereocenters. The standard InChI is InChI=1S/C51H60N14O10.CH5N/c1-9-64-38(22-31(3)59-64)46(69)57-48-55-36-24-33(30-66)25-40(74-21-15-16-42(67)72-8)43(36)62(48)18-11-12-19-63-44-37(56-49(63)58-47(70)39-23-32(4)60-65(39)10-2)26-34(45(52)68)27-41(44)73-20-14-13-17-61-29-35(28-53-61)54-50(71)75-51(5,6)7;1-2/h11-14,22-30H,9-10,15-21H2,1-8H3,(H2,52,68)(H,54,71)(H,55,57,69)(H,56,58,70);2H2,1H3/b12-11+,14-13+;. The molecule has 0 saturated heterocycles. The predicted molar refractivity (Wildman–Crippen MR) is 287 cm³/mol. The Balaban J connectivity index is 0.00000475. The molecule has 25 nitrogen and oxygen atoms in total. The summed E-state index contributed by atoms with van der Waals surface area (Å²) in [6.45, 7) is 14.1. The number of hydrogen-bond donors (Lipinski definition) is 5. The first kappa shape index (κ1) is 57.2. The number of benzene rings is 2. The molecule has 25 heteroatoms. The molecule has 0 fully saturated rings. The van der Waals surface area contributed by atoms with Gasteiger partial charge in [-0.2, -0.15) is 15.3 Å². The lowest BCUT2D eigenvalue weighted by Crippen LogP contribution is -2.27. The SMILES string of the molecule is CCn1nc(C)cc1C(=O)Nc1nc2cc(C(N)=O)cc(OC/C=C/Cn3cc(NC(=O)OC(C)(C)C)cn3)c2n1C/C=C/Cn1c(NC(=O)c2cc(C)nn2CC)nc2cc(C=O)cc(OCCCC(=O)OC)c21.CN. The number of nitrogens with one attached hydrogen (secondary N) is 3. The number of aromatic nitrogens is 10. The van der Waals surface area contributed by atoms with Crippen molar-refractivity contribution >= 4 is 75.7 Å². The van der Waals surface area contributed by atoms with Gasteiger partial charge in [0, 0.05) is 49.9 Å². The highest BCUT2D eigenvalue weighted by atomic mass is 16.6. The van der Waals surface area contributed by atoms with Crippen LogP contribution in [-0.2, 0) is 47.0 Å². The summed E-state index contributed by atoms with van der Waals surface area (Å²) in [7, 11) is 2.80. The molecule has 5 aromatic heterocycles. The third-order valence-electron chi connectivity index (χ3n) is 11.2. The van der Waals surface area contributed by atoms with E-state index in [0.29, 0.717) is 82.9 Å². The molecule has 7 N–H and O–H groups in total. The topological polar surface area (TPSA) is 317 Å². The number of ether oxygens (including phenoxy) is 4. The van der Waals surface area contributed by atoms with Gasteiger partial charge in [-0.05, 0) is 104 Å². The van der Waals surface area contributed by atoms with Gasteiger partial charge in [-0.1, -0.05) is 18.2 Å². The van der Waals surface area contributed by atoms with E-state index in [1.165, 1.54) is 32.5 Å². The van der Waals surface area contributed by atoms with Gasteiger partial charge >= 0.3 is 12.1 Å². The Morgan fingerprint density at radius 1 is 0.727 bits per heavy atom. The first-order valence-corrected chi connectivity index (χ1v) is 24.7. The smallest absolute Gasteiger partial charge is 0.412 e. The van der Waals surface area contributed by atoms with E-state index in [2.05, 4.69) is 37.0 Å². The van der Waals surface area contributed by atoms with Crippen molar-refractivity contribution in [2.45, 2.75) is 99.6 Å². The number of fused-ring (bicyclic) bond motifs is 2. The van der Waals surface area contributed by atoms with Crippen LogP contribution in [0.3, 0.4) is 0 Å². The normalized spacial score (nSPS) is 11.5. The molecule has 7 rings (SSSR count). The molecule has 408 valence electrons. The van der Waals surface area contributed by atoms with Crippen LogP contribution in [0.2, 0.25) is 0 Å². The van der Waals surface area contributed by atoms with Crippen LogP contribution in [0, 0.1) is 13.8 Å². The molecule has 0 atom stereocenters. The van der Waals surface area contributed by atoms with Crippen molar-refractivity contribution < 1.29 is 47.7 Å². The summed E-state index contributed by atoms with van der Waals surface area (Å²) >= 11 is 0. The van der Waals surface area contributed by atoms with Gasteiger partial charge in [0.1, 0.15) is 52.4 Å². The highest BCUT2D eigenvalue weighted by molar-refractivity contribution is 6.05. The maximum atomic E-state index is 14.0. The van der Waals surface area contributed by atoms with Gasteiger partial charge in [0.15, 0.2) is 0 Å². The monoisotopic (exact) mass is 1060 g/mol. The van der Waals surface area contributed by atoms with Gasteiger partial charge in [-0.15, -0.1) is 0 Å². The number of primary amides is 1. The number of aryl methyl sites for hydroxylation is 4. The molecule has 0 aliphatic rings. The summed E-state index contributed by atoms with van der Waals surface area (Å²) in [6.07, 6.45) is 10.8. The second kappa shape index (κ2) is 25.9. The molecule has 0 bridgehead atoms. The van der Waals surface area contributed by atoms with E-state index in [9.17, 15) is 28.8 Å². The second-order valence-corrected chi connectivity index (χ2v) is 18.0. The fraction of sp³-hybridized carbons (Fsp3) is 0.365. The number of amides is 4. The van der Waals surface area contributed by atoms with Crippen molar-refractivity contribution in [1.29, 1.82) is 0 Å². The first-order chi connectivity index (χ1) is 36.9. The van der Waals surface area contributed by atoms with Crippen LogP contribution in [0.25, 0.3) is 22.1 Å². The fourth-order valence-corrected chi connectivity index (χ4v) is 7.93. The Labute approximate surface area is 443 Å². The summed E-state index contributed by atoms with van der Waals surface area (Å²) in [6, 6.07) is 9.48. The van der Waals surface area contributed by atoms with Gasteiger partial charge in [0.05, 0.1) is 54.6 Å². The highest BCUT2D eigenvalue weighted by Crippen LogP contribution is 2.33. The summed E-state index contributed by atoms with van der Waals surface area (Å²) in [5.41, 5.74) is 13.9. The average Bonchev–Trinajstić information content (AvgIpc) is 4.26. The van der Waals surface area contributed by atoms with Gasteiger partial charge < -0.3 is 39.5 Å². The molecule has 0 saturated carbocycles. The quantitative estimate of drug-likeness (QED) is 0.0206. The van der Waals surface area contributed by atoms with E-state index in [1.54, 1.807) is 100 Å². The number of rotatable bonds is 23. The number of methoxy groups -OCH3 is 1. The van der Waals surface area contributed by atoms with Crippen LogP contribution in [0.1, 0.15) is 101 Å². The van der Waals surface area contributed by atoms with Crippen LogP contribution >= 0.6 is 0 Å². The van der Waals surface area contributed by atoms with E-state index in [0.717, 1.165) is 0 Å². The first-order valence-electron chi connectivity index (χ1n) is 24.7. The Kier molecular flexibility index (Phi) is 19.2. The van der Waals surface area contributed by atoms with Crippen molar-refractivity contribution in [2.75, 3.05) is 43.3 Å². The number of hydrogen-bond acceptors (Lipinski definition) is 16. The summed E-state index contributed by atoms with van der Waals surface area (Å²) in [5, 5.41) is 21.7. The summed E-state index contributed by atoms with van der Waals surface area (Å²) < 4.78 is 30.8. The number of anilines is 3. The Hall–Kier alpha value is -9.13. The van der Waals surface area contributed by atoms with Crippen molar-refractivity contribution in [2.24, 2.45) is 11.5 Å². The zero-order valence-corrected chi connectivity index (χ0v) is 44.6. The van der Waals surface area contributed by atoms with Crippen molar-refractivity contribution in [3.63, 3.8) is 0 Å². The number of esters is 1. The number of allylic oxidation sites excluding steroid dienone is 3. The molecule has 0 aliphatic carbocycles. The molecular formula is C52H65N15O10. The number of nitrogens with two attached hydrogens (primary N) is 2. The zero-order chi connectivity index (χ0) is 56.0. The molecule has 4 amide bonds. The lowest BCUT2D eigenvalue weighted by Gasteiger charge is -2.19. The van der Waals surface area contributed by atoms with Crippen molar-refractivity contribution in [3.05, 3.63) is 107 Å². The lowest BCUT2D eigenvalue weighted by atomic mass is 10.1. The highest BCUT2D eigenvalue weighted by Gasteiger charge is 2.24. The fourth-order valence-electron chi connectivity index (χ4n) is 7.93. The minimum absolute atomic E-state index is 0.0268. The molecule has 5 heterocycles. The van der Waals surface area contributed by atoms with Crippen LogP contribution in [0.15, 0.2) is 73.1 Å². The van der Waals surface area contributed by atoms with Gasteiger partial charge in [-0.25, -0.2) is 14.8 Å². The second-order valence-electron chi connectivity index (χ2n) is 18.0. The largest absolute Gasteiger partial charge is 0.491 e. The summed E-state index contributed by atoms with van der Waals surface area (Å²) in [5.74, 6) is -1.32. The maximum Gasteiger partial charge on any atom is 0.412 e. The van der Waals surface area contributed by atoms with Gasteiger partial charge in [0.2, 0.25) is 17.8 Å². The third kappa shape index (κ3) is 14.6. The van der Waals surface area contributed by atoms with Crippen LogP contribution in [-0.4, -0.2) is 117 Å². The van der Waals surface area contributed by atoms with Gasteiger partial charge in [-0.3, -0.25) is 54.0 Å². The Bertz CT molecular complexity index is 3330. The molecule has 77 heavy (non-hydrogen) atoms. The van der Waals surface area contributed by atoms with E-state index < -0.39 is 35.4 Å². The van der Waals surface area contributed by atoms with Crippen LogP contribution in [0.4, 0.5) is 22.4 Å². The van der Waals surface area contributed by atoms with Crippen LogP contribution < -0.4 is 36.9 Å². The molecule has 2 aromatic carbocycles. The lowest BCUT2D eigenvalue weighted by molar-refractivity contribution is -0.140. The molecule has 7 aromatic rings. The van der Waals surface area contributed by atoms with E-state index >= 15 is 0 Å². The van der Waals surface area contributed by atoms with E-state index in [4.69, 9.17) is 34.6 Å². The minimum atomic E-state index is -0.731. The van der Waals surface area contributed by atoms with Crippen LogP contribution in [0.5, 0.6) is 11.5 Å². The number of nitrogens with zero attached hydrogens (tertiary/aromatic N) is 10. The third-order valence-corrected chi connectivity index (χ3v) is 11.2. The van der Waals surface area contributed by atoms with Crippen molar-refractivity contribution in [1.82, 2.24) is 48.4 Å². The Morgan fingerprint density at radius 2 is 1.29 bits per heavy atom. The van der Waals surface area contributed by atoms with Crippen molar-refractivity contribution in [3.8, 4) is 11.5 Å². The molecule has 0 spiro atoms. The Morgan fingerprint density at radius 3 is 1.82 bits per heavy atom. The number of aldehydes is 1. The molecular weight excluding hydrogens is 995 g/mol. The number of carbonyl (C=O) groups excluding carboxylic acids is 6. The minimum Gasteiger partial charge on any atom is -0.491 e. The van der Waals surface area contributed by atoms with Gasteiger partial charge in [0.25, 0.3) is 11.8 Å².